The Morgan fingerprint density at radius 2 is 1.68 bits per heavy atom. The number of rotatable bonds is 12. The molecule has 3 heteroatoms. The molecule has 124 valence electrons. The van der Waals surface area contributed by atoms with Crippen molar-refractivity contribution >= 4 is 5.97 Å². The van der Waals surface area contributed by atoms with Crippen LogP contribution >= 0.6 is 0 Å². The molecule has 0 heterocycles. The van der Waals surface area contributed by atoms with Crippen molar-refractivity contribution in [1.29, 1.82) is 0 Å². The van der Waals surface area contributed by atoms with Gasteiger partial charge in [0.1, 0.15) is 6.61 Å². The summed E-state index contributed by atoms with van der Waals surface area (Å²) < 4.78 is 10.8. The van der Waals surface area contributed by atoms with Gasteiger partial charge < -0.3 is 9.47 Å². The maximum Gasteiger partial charge on any atom is 0.338 e. The van der Waals surface area contributed by atoms with Gasteiger partial charge in [-0.2, -0.15) is 0 Å². The first-order valence-corrected chi connectivity index (χ1v) is 8.62. The van der Waals surface area contributed by atoms with Gasteiger partial charge in [0.15, 0.2) is 0 Å². The molecule has 1 aromatic rings. The van der Waals surface area contributed by atoms with E-state index >= 15 is 0 Å². The van der Waals surface area contributed by atoms with Crippen LogP contribution in [0.25, 0.3) is 0 Å². The molecule has 0 amide bonds. The lowest BCUT2D eigenvalue weighted by molar-refractivity contribution is 0.0311. The Kier molecular flexibility index (Phi) is 10.4. The lowest BCUT2D eigenvalue weighted by Gasteiger charge is -2.09. The van der Waals surface area contributed by atoms with Crippen LogP contribution in [0.3, 0.4) is 0 Å². The topological polar surface area (TPSA) is 35.5 Å². The van der Waals surface area contributed by atoms with Gasteiger partial charge in [0.25, 0.3) is 0 Å². The largest absolute Gasteiger partial charge is 0.460 e. The molecule has 0 saturated heterocycles. The molecule has 1 rings (SSSR count). The van der Waals surface area contributed by atoms with Crippen molar-refractivity contribution in [3.8, 4) is 0 Å². The normalized spacial score (nSPS) is 10.6. The van der Waals surface area contributed by atoms with Gasteiger partial charge >= 0.3 is 5.97 Å². The fourth-order valence-corrected chi connectivity index (χ4v) is 2.31. The van der Waals surface area contributed by atoms with Gasteiger partial charge in [-0.05, 0) is 30.9 Å². The Bertz CT molecular complexity index is 415. The molecule has 0 spiro atoms. The lowest BCUT2D eigenvalue weighted by atomic mass is 10.0. The van der Waals surface area contributed by atoms with Crippen molar-refractivity contribution in [3.05, 3.63) is 35.4 Å². The molecule has 0 aliphatic rings. The Morgan fingerprint density at radius 3 is 2.45 bits per heavy atom. The van der Waals surface area contributed by atoms with Gasteiger partial charge in [0.2, 0.25) is 0 Å². The summed E-state index contributed by atoms with van der Waals surface area (Å²) in [5.41, 5.74) is 1.77. The van der Waals surface area contributed by atoms with E-state index in [4.69, 9.17) is 9.47 Å². The first-order chi connectivity index (χ1) is 10.8. The zero-order valence-electron chi connectivity index (χ0n) is 14.1. The molecular weight excluding hydrogens is 276 g/mol. The van der Waals surface area contributed by atoms with E-state index in [2.05, 4.69) is 13.8 Å². The second kappa shape index (κ2) is 12.2. The number of hydrogen-bond acceptors (Lipinski definition) is 3. The third-order valence-corrected chi connectivity index (χ3v) is 3.64. The Hall–Kier alpha value is -1.35. The first kappa shape index (κ1) is 18.7. The molecule has 3 nitrogen and oxygen atoms in total. The summed E-state index contributed by atoms with van der Waals surface area (Å²) in [4.78, 5) is 12.1. The smallest absolute Gasteiger partial charge is 0.338 e. The number of aryl methyl sites for hydroxylation is 1. The summed E-state index contributed by atoms with van der Waals surface area (Å²) in [5.74, 6) is -0.235. The van der Waals surface area contributed by atoms with Gasteiger partial charge in [0.05, 0.1) is 12.2 Å². The zero-order valence-corrected chi connectivity index (χ0v) is 14.1. The standard InChI is InChI=1S/C19H30O3/c1-3-5-7-10-14-21-15-16-22-19(20)18-13-9-8-12-17(18)11-6-4-2/h8-9,12-13H,3-7,10-11,14-16H2,1-2H3. The van der Waals surface area contributed by atoms with Crippen LogP contribution in [0.5, 0.6) is 0 Å². The minimum Gasteiger partial charge on any atom is -0.460 e. The van der Waals surface area contributed by atoms with Crippen molar-refractivity contribution in [3.63, 3.8) is 0 Å². The van der Waals surface area contributed by atoms with E-state index in [1.54, 1.807) is 0 Å². The number of hydrogen-bond donors (Lipinski definition) is 0. The van der Waals surface area contributed by atoms with Crippen molar-refractivity contribution < 1.29 is 14.3 Å². The van der Waals surface area contributed by atoms with Gasteiger partial charge in [-0.1, -0.05) is 57.7 Å². The van der Waals surface area contributed by atoms with E-state index in [-0.39, 0.29) is 5.97 Å². The van der Waals surface area contributed by atoms with Crippen LogP contribution in [-0.4, -0.2) is 25.8 Å². The van der Waals surface area contributed by atoms with Crippen LogP contribution < -0.4 is 0 Å². The minimum absolute atomic E-state index is 0.235. The fraction of sp³-hybridized carbons (Fsp3) is 0.632. The molecule has 0 saturated carbocycles. The van der Waals surface area contributed by atoms with Crippen molar-refractivity contribution in [2.75, 3.05) is 19.8 Å². The summed E-state index contributed by atoms with van der Waals surface area (Å²) in [7, 11) is 0. The average molecular weight is 306 g/mol. The minimum atomic E-state index is -0.235. The summed E-state index contributed by atoms with van der Waals surface area (Å²) in [6, 6.07) is 7.72. The van der Waals surface area contributed by atoms with Crippen LogP contribution in [0.15, 0.2) is 24.3 Å². The predicted octanol–water partition coefficient (Wildman–Crippen LogP) is 4.78. The zero-order chi connectivity index (χ0) is 16.0. The van der Waals surface area contributed by atoms with Crippen LogP contribution in [0.1, 0.15) is 68.3 Å². The molecular formula is C19H30O3. The molecule has 0 bridgehead atoms. The Labute approximate surface area is 135 Å². The van der Waals surface area contributed by atoms with Gasteiger partial charge in [0, 0.05) is 6.61 Å². The summed E-state index contributed by atoms with van der Waals surface area (Å²) in [6.07, 6.45) is 7.92. The van der Waals surface area contributed by atoms with E-state index in [0.29, 0.717) is 18.8 Å². The van der Waals surface area contributed by atoms with E-state index in [1.165, 1.54) is 19.3 Å². The molecule has 0 aliphatic carbocycles. The maximum atomic E-state index is 12.1. The third-order valence-electron chi connectivity index (χ3n) is 3.64. The van der Waals surface area contributed by atoms with Crippen LogP contribution in [0.4, 0.5) is 0 Å². The number of carbonyl (C=O) groups excluding carboxylic acids is 1. The molecule has 0 unspecified atom stereocenters. The first-order valence-electron chi connectivity index (χ1n) is 8.62. The van der Waals surface area contributed by atoms with Gasteiger partial charge in [-0.25, -0.2) is 4.79 Å². The van der Waals surface area contributed by atoms with Crippen molar-refractivity contribution in [2.24, 2.45) is 0 Å². The van der Waals surface area contributed by atoms with Crippen LogP contribution in [0.2, 0.25) is 0 Å². The number of unbranched alkanes of at least 4 members (excludes halogenated alkanes) is 4. The quantitative estimate of drug-likeness (QED) is 0.412. The number of benzene rings is 1. The van der Waals surface area contributed by atoms with Crippen LogP contribution in [-0.2, 0) is 15.9 Å². The highest BCUT2D eigenvalue weighted by Gasteiger charge is 2.11. The predicted molar refractivity (Wildman–Crippen MR) is 90.3 cm³/mol. The second-order valence-corrected chi connectivity index (χ2v) is 5.57. The number of carbonyl (C=O) groups is 1. The maximum absolute atomic E-state index is 12.1. The molecule has 1 aromatic carbocycles. The highest BCUT2D eigenvalue weighted by Crippen LogP contribution is 2.13. The molecule has 0 aliphatic heterocycles. The highest BCUT2D eigenvalue weighted by molar-refractivity contribution is 5.91. The number of ether oxygens (including phenoxy) is 2. The third kappa shape index (κ3) is 7.60. The van der Waals surface area contributed by atoms with E-state index < -0.39 is 0 Å². The fourth-order valence-electron chi connectivity index (χ4n) is 2.31. The lowest BCUT2D eigenvalue weighted by Crippen LogP contribution is -2.13. The second-order valence-electron chi connectivity index (χ2n) is 5.57. The van der Waals surface area contributed by atoms with E-state index in [1.807, 2.05) is 24.3 Å². The molecule has 0 atom stereocenters. The summed E-state index contributed by atoms with van der Waals surface area (Å²) in [6.45, 7) is 5.91. The summed E-state index contributed by atoms with van der Waals surface area (Å²) >= 11 is 0. The van der Waals surface area contributed by atoms with E-state index in [9.17, 15) is 4.79 Å². The highest BCUT2D eigenvalue weighted by atomic mass is 16.6. The molecule has 22 heavy (non-hydrogen) atoms. The van der Waals surface area contributed by atoms with Crippen molar-refractivity contribution in [2.45, 2.75) is 58.8 Å². The number of esters is 1. The monoisotopic (exact) mass is 306 g/mol. The van der Waals surface area contributed by atoms with Gasteiger partial charge in [-0.15, -0.1) is 0 Å². The SMILES string of the molecule is CCCCCCOCCOC(=O)c1ccccc1CCCC. The average Bonchev–Trinajstić information content (AvgIpc) is 2.55. The van der Waals surface area contributed by atoms with E-state index in [0.717, 1.165) is 37.9 Å². The molecule has 0 radical (unpaired) electrons. The molecule has 0 N–H and O–H groups in total. The molecule has 0 aromatic heterocycles. The van der Waals surface area contributed by atoms with Crippen LogP contribution in [0, 0.1) is 0 Å². The molecule has 0 fully saturated rings. The summed E-state index contributed by atoms with van der Waals surface area (Å²) in [5, 5.41) is 0. The van der Waals surface area contributed by atoms with Gasteiger partial charge in [-0.3, -0.25) is 0 Å². The van der Waals surface area contributed by atoms with Crippen molar-refractivity contribution in [1.82, 2.24) is 0 Å². The Morgan fingerprint density at radius 1 is 0.909 bits per heavy atom. The Balaban J connectivity index is 2.25.